The molecule has 1 aromatic heterocycles. The van der Waals surface area contributed by atoms with Crippen molar-refractivity contribution in [3.63, 3.8) is 0 Å². The van der Waals surface area contributed by atoms with Gasteiger partial charge in [0.15, 0.2) is 0 Å². The number of hydrogen-bond donors (Lipinski definition) is 1. The predicted octanol–water partition coefficient (Wildman–Crippen LogP) is 3.20. The lowest BCUT2D eigenvalue weighted by Gasteiger charge is -2.01. The first kappa shape index (κ1) is 12.5. The van der Waals surface area contributed by atoms with Crippen molar-refractivity contribution in [2.75, 3.05) is 5.73 Å². The Hall–Kier alpha value is -1.000. The summed E-state index contributed by atoms with van der Waals surface area (Å²) in [5, 5.41) is 0.766. The first-order valence-electron chi connectivity index (χ1n) is 5.29. The van der Waals surface area contributed by atoms with E-state index in [0.717, 1.165) is 28.2 Å². The summed E-state index contributed by atoms with van der Waals surface area (Å²) in [6.07, 6.45) is 1.74. The Bertz CT molecular complexity index is 537. The third-order valence-corrected chi connectivity index (χ3v) is 3.89. The van der Waals surface area contributed by atoms with Gasteiger partial charge in [-0.2, -0.15) is 0 Å². The third-order valence-electron chi connectivity index (χ3n) is 2.67. The summed E-state index contributed by atoms with van der Waals surface area (Å²) in [6.45, 7) is 0. The zero-order chi connectivity index (χ0) is 12.4. The number of aryl methyl sites for hydroxylation is 2. The topological polar surface area (TPSA) is 43.8 Å². The molecule has 0 aliphatic rings. The molecule has 0 bridgehead atoms. The second-order valence-electron chi connectivity index (χ2n) is 3.90. The first-order chi connectivity index (χ1) is 8.08. The van der Waals surface area contributed by atoms with E-state index in [1.165, 1.54) is 5.56 Å². The number of nitrogens with zero attached hydrogens (tertiary/aromatic N) is 2. The fourth-order valence-electron chi connectivity index (χ4n) is 1.67. The standard InChI is InChI=1S/C12H13BrClN3/c1-17-11(13)10(16-12(17)15)6-5-8-3-2-4-9(14)7-8/h2-4,7H,5-6H2,1H3,(H2,15,16). The molecule has 0 unspecified atom stereocenters. The molecule has 2 aromatic rings. The number of aromatic nitrogens is 2. The maximum atomic E-state index is 5.94. The van der Waals surface area contributed by atoms with Gasteiger partial charge in [-0.3, -0.25) is 0 Å². The molecule has 0 amide bonds. The van der Waals surface area contributed by atoms with Crippen molar-refractivity contribution < 1.29 is 0 Å². The number of hydrogen-bond acceptors (Lipinski definition) is 2. The number of imidazole rings is 1. The number of benzene rings is 1. The van der Waals surface area contributed by atoms with Gasteiger partial charge in [0.1, 0.15) is 4.60 Å². The Morgan fingerprint density at radius 1 is 1.41 bits per heavy atom. The Kier molecular flexibility index (Phi) is 3.74. The van der Waals surface area contributed by atoms with E-state index >= 15 is 0 Å². The number of halogens is 2. The van der Waals surface area contributed by atoms with Crippen molar-refractivity contribution >= 4 is 33.5 Å². The average Bonchev–Trinajstić information content (AvgIpc) is 2.54. The van der Waals surface area contributed by atoms with Gasteiger partial charge < -0.3 is 10.3 Å². The molecule has 90 valence electrons. The van der Waals surface area contributed by atoms with Crippen LogP contribution in [0, 0.1) is 0 Å². The summed E-state index contributed by atoms with van der Waals surface area (Å²) in [7, 11) is 1.88. The lowest BCUT2D eigenvalue weighted by Crippen LogP contribution is -1.96. The summed E-state index contributed by atoms with van der Waals surface area (Å²) < 4.78 is 2.77. The van der Waals surface area contributed by atoms with Crippen LogP contribution in [0.1, 0.15) is 11.3 Å². The van der Waals surface area contributed by atoms with Crippen molar-refractivity contribution in [1.82, 2.24) is 9.55 Å². The van der Waals surface area contributed by atoms with Gasteiger partial charge in [0.05, 0.1) is 5.69 Å². The fraction of sp³-hybridized carbons (Fsp3) is 0.250. The van der Waals surface area contributed by atoms with Crippen LogP contribution in [-0.4, -0.2) is 9.55 Å². The van der Waals surface area contributed by atoms with Crippen LogP contribution in [0.15, 0.2) is 28.9 Å². The van der Waals surface area contributed by atoms with Gasteiger partial charge in [0.2, 0.25) is 5.95 Å². The van der Waals surface area contributed by atoms with E-state index in [9.17, 15) is 0 Å². The summed E-state index contributed by atoms with van der Waals surface area (Å²) in [6, 6.07) is 7.87. The van der Waals surface area contributed by atoms with Crippen molar-refractivity contribution in [3.8, 4) is 0 Å². The molecule has 5 heteroatoms. The molecule has 0 spiro atoms. The van der Waals surface area contributed by atoms with Gasteiger partial charge in [0.25, 0.3) is 0 Å². The number of nitrogen functional groups attached to an aromatic ring is 1. The molecule has 1 heterocycles. The molecule has 0 fully saturated rings. The van der Waals surface area contributed by atoms with Gasteiger partial charge in [-0.15, -0.1) is 0 Å². The summed E-state index contributed by atoms with van der Waals surface area (Å²) in [5.41, 5.74) is 7.91. The van der Waals surface area contributed by atoms with Gasteiger partial charge >= 0.3 is 0 Å². The fourth-order valence-corrected chi connectivity index (χ4v) is 2.35. The summed E-state index contributed by atoms with van der Waals surface area (Å²) in [4.78, 5) is 4.31. The number of anilines is 1. The lowest BCUT2D eigenvalue weighted by atomic mass is 10.1. The van der Waals surface area contributed by atoms with Gasteiger partial charge in [0, 0.05) is 12.1 Å². The highest BCUT2D eigenvalue weighted by Crippen LogP contribution is 2.21. The average molecular weight is 315 g/mol. The van der Waals surface area contributed by atoms with Crippen LogP contribution in [0.25, 0.3) is 0 Å². The zero-order valence-corrected chi connectivity index (χ0v) is 11.8. The molecular formula is C12H13BrClN3. The molecule has 0 saturated carbocycles. The number of nitrogens with two attached hydrogens (primary N) is 1. The largest absolute Gasteiger partial charge is 0.369 e. The molecule has 0 atom stereocenters. The van der Waals surface area contributed by atoms with Crippen LogP contribution in [0.5, 0.6) is 0 Å². The summed E-state index contributed by atoms with van der Waals surface area (Å²) >= 11 is 9.42. The Morgan fingerprint density at radius 2 is 2.18 bits per heavy atom. The highest BCUT2D eigenvalue weighted by molar-refractivity contribution is 9.10. The molecule has 2 rings (SSSR count). The number of rotatable bonds is 3. The molecule has 0 radical (unpaired) electrons. The molecule has 17 heavy (non-hydrogen) atoms. The Morgan fingerprint density at radius 3 is 2.76 bits per heavy atom. The van der Waals surface area contributed by atoms with E-state index < -0.39 is 0 Å². The Labute approximate surface area is 114 Å². The van der Waals surface area contributed by atoms with E-state index in [-0.39, 0.29) is 0 Å². The van der Waals surface area contributed by atoms with E-state index in [1.807, 2.05) is 29.8 Å². The minimum Gasteiger partial charge on any atom is -0.369 e. The molecule has 0 aliphatic heterocycles. The lowest BCUT2D eigenvalue weighted by molar-refractivity contribution is 0.884. The van der Waals surface area contributed by atoms with E-state index in [4.69, 9.17) is 17.3 Å². The van der Waals surface area contributed by atoms with Crippen molar-refractivity contribution in [2.24, 2.45) is 7.05 Å². The third kappa shape index (κ3) is 2.82. The van der Waals surface area contributed by atoms with Gasteiger partial charge in [-0.25, -0.2) is 4.98 Å². The monoisotopic (exact) mass is 313 g/mol. The highest BCUT2D eigenvalue weighted by atomic mass is 79.9. The van der Waals surface area contributed by atoms with Crippen LogP contribution in [0.2, 0.25) is 5.02 Å². The summed E-state index contributed by atoms with van der Waals surface area (Å²) in [5.74, 6) is 0.526. The van der Waals surface area contributed by atoms with Crippen LogP contribution in [0.3, 0.4) is 0 Å². The second kappa shape index (κ2) is 5.10. The van der Waals surface area contributed by atoms with Crippen molar-refractivity contribution in [1.29, 1.82) is 0 Å². The van der Waals surface area contributed by atoms with Crippen molar-refractivity contribution in [3.05, 3.63) is 45.1 Å². The normalized spacial score (nSPS) is 10.8. The van der Waals surface area contributed by atoms with Crippen LogP contribution in [0.4, 0.5) is 5.95 Å². The SMILES string of the molecule is Cn1c(N)nc(CCc2cccc(Cl)c2)c1Br. The molecule has 0 saturated heterocycles. The maximum Gasteiger partial charge on any atom is 0.201 e. The first-order valence-corrected chi connectivity index (χ1v) is 6.46. The zero-order valence-electron chi connectivity index (χ0n) is 9.45. The molecule has 2 N–H and O–H groups in total. The van der Waals surface area contributed by atoms with E-state index in [2.05, 4.69) is 27.0 Å². The van der Waals surface area contributed by atoms with E-state index in [0.29, 0.717) is 5.95 Å². The van der Waals surface area contributed by atoms with Gasteiger partial charge in [-0.05, 0) is 46.5 Å². The molecular weight excluding hydrogens is 302 g/mol. The molecule has 3 nitrogen and oxygen atoms in total. The highest BCUT2D eigenvalue weighted by Gasteiger charge is 2.09. The van der Waals surface area contributed by atoms with Crippen LogP contribution in [-0.2, 0) is 19.9 Å². The van der Waals surface area contributed by atoms with Crippen molar-refractivity contribution in [2.45, 2.75) is 12.8 Å². The smallest absolute Gasteiger partial charge is 0.201 e. The second-order valence-corrected chi connectivity index (χ2v) is 5.08. The van der Waals surface area contributed by atoms with Gasteiger partial charge in [-0.1, -0.05) is 23.7 Å². The van der Waals surface area contributed by atoms with E-state index in [1.54, 1.807) is 0 Å². The molecule has 1 aromatic carbocycles. The molecule has 0 aliphatic carbocycles. The Balaban J connectivity index is 2.10. The minimum atomic E-state index is 0.526. The quantitative estimate of drug-likeness (QED) is 0.945. The minimum absolute atomic E-state index is 0.526. The predicted molar refractivity (Wildman–Crippen MR) is 74.2 cm³/mol. The van der Waals surface area contributed by atoms with Crippen LogP contribution >= 0.6 is 27.5 Å². The maximum absolute atomic E-state index is 5.94. The van der Waals surface area contributed by atoms with Crippen LogP contribution < -0.4 is 5.73 Å².